The molecule has 1 fully saturated rings. The quantitative estimate of drug-likeness (QED) is 0.246. The number of halogens is 3. The fraction of sp³-hybridized carbons (Fsp3) is 0.458. The van der Waals surface area contributed by atoms with Crippen LogP contribution in [0.3, 0.4) is 0 Å². The SMILES string of the molecule is Cc1ccncc1[C@@H]([SH]1C[C@H](O)[C@H](n2cc(-c3cc(F)c(F)c(F)c3)nn2)[C@@H](O)[C@H]1CO)C(C)(C)O. The fourth-order valence-corrected chi connectivity index (χ4v) is 8.67. The Kier molecular flexibility index (Phi) is 7.45. The van der Waals surface area contributed by atoms with Gasteiger partial charge >= 0.3 is 0 Å². The molecule has 0 aliphatic carbocycles. The summed E-state index contributed by atoms with van der Waals surface area (Å²) in [5, 5.41) is 50.4. The smallest absolute Gasteiger partial charge is 0.194 e. The van der Waals surface area contributed by atoms with Crippen molar-refractivity contribution in [2.24, 2.45) is 0 Å². The number of hydrogen-bond donors (Lipinski definition) is 5. The zero-order chi connectivity index (χ0) is 26.4. The number of hydrogen-bond acceptors (Lipinski definition) is 7. The molecule has 2 aromatic heterocycles. The minimum Gasteiger partial charge on any atom is -0.395 e. The van der Waals surface area contributed by atoms with E-state index in [2.05, 4.69) is 15.3 Å². The topological polar surface area (TPSA) is 125 Å². The highest BCUT2D eigenvalue weighted by molar-refractivity contribution is 8.18. The number of thiol groups is 1. The Labute approximate surface area is 208 Å². The molecule has 1 aliphatic heterocycles. The standard InChI is InChI=1S/C24H29F3N4O4S/c1-12-4-5-28-8-14(12)23(24(2,3)35)36-11-18(33)21(22(34)19(36)10-32)31-9-17(29-30-31)13-6-15(25)20(27)16(26)7-13/h4-9,18-19,21-23,32-36H,10-11H2,1-3H3/t18-,19+,21-,22-,23+/m0/s1. The first-order valence-corrected chi connectivity index (χ1v) is 13.0. The summed E-state index contributed by atoms with van der Waals surface area (Å²) in [5.74, 6) is -4.20. The van der Waals surface area contributed by atoms with Crippen molar-refractivity contribution >= 4 is 10.9 Å². The maximum atomic E-state index is 13.7. The van der Waals surface area contributed by atoms with Gasteiger partial charge in [-0.15, -0.1) is 5.10 Å². The number of nitrogens with zero attached hydrogens (tertiary/aromatic N) is 4. The first-order chi connectivity index (χ1) is 16.9. The summed E-state index contributed by atoms with van der Waals surface area (Å²) in [6.07, 6.45) is 2.18. The normalized spacial score (nSPS) is 26.7. The Hall–Kier alpha value is -2.51. The minimum absolute atomic E-state index is 0.0148. The van der Waals surface area contributed by atoms with Gasteiger partial charge in [-0.1, -0.05) is 5.21 Å². The van der Waals surface area contributed by atoms with E-state index in [0.29, 0.717) is 0 Å². The number of benzene rings is 1. The molecule has 0 amide bonds. The van der Waals surface area contributed by atoms with Crippen LogP contribution in [-0.2, 0) is 0 Å². The van der Waals surface area contributed by atoms with E-state index in [1.165, 1.54) is 10.9 Å². The molecule has 8 nitrogen and oxygen atoms in total. The summed E-state index contributed by atoms with van der Waals surface area (Å²) in [6.45, 7) is 4.78. The molecular weight excluding hydrogens is 497 g/mol. The molecule has 196 valence electrons. The van der Waals surface area contributed by atoms with Gasteiger partial charge in [-0.25, -0.2) is 28.7 Å². The maximum absolute atomic E-state index is 13.7. The molecular formula is C24H29F3N4O4S. The van der Waals surface area contributed by atoms with Gasteiger partial charge in [0, 0.05) is 34.2 Å². The van der Waals surface area contributed by atoms with E-state index in [1.807, 2.05) is 13.0 Å². The lowest BCUT2D eigenvalue weighted by Crippen LogP contribution is -2.52. The lowest BCUT2D eigenvalue weighted by atomic mass is 9.96. The van der Waals surface area contributed by atoms with E-state index in [-0.39, 0.29) is 17.0 Å². The number of aliphatic hydroxyl groups excluding tert-OH is 3. The molecule has 0 radical (unpaired) electrons. The van der Waals surface area contributed by atoms with Gasteiger partial charge in [-0.3, -0.25) is 4.98 Å². The molecule has 3 heterocycles. The van der Waals surface area contributed by atoms with Crippen LogP contribution in [0.4, 0.5) is 13.2 Å². The molecule has 4 N–H and O–H groups in total. The Morgan fingerprint density at radius 3 is 2.44 bits per heavy atom. The summed E-state index contributed by atoms with van der Waals surface area (Å²) >= 11 is 0. The number of aliphatic hydroxyl groups is 4. The zero-order valence-electron chi connectivity index (χ0n) is 19.9. The van der Waals surface area contributed by atoms with Crippen molar-refractivity contribution in [3.05, 3.63) is 65.4 Å². The predicted molar refractivity (Wildman–Crippen MR) is 129 cm³/mol. The van der Waals surface area contributed by atoms with Crippen molar-refractivity contribution < 1.29 is 33.6 Å². The third kappa shape index (κ3) is 4.88. The highest BCUT2D eigenvalue weighted by atomic mass is 32.2. The number of pyridine rings is 1. The van der Waals surface area contributed by atoms with Gasteiger partial charge in [0.25, 0.3) is 0 Å². The van der Waals surface area contributed by atoms with Crippen LogP contribution >= 0.6 is 10.9 Å². The second-order valence-corrected chi connectivity index (χ2v) is 12.2. The molecule has 1 saturated heterocycles. The molecule has 0 saturated carbocycles. The molecule has 1 unspecified atom stereocenters. The fourth-order valence-electron chi connectivity index (χ4n) is 4.94. The third-order valence-electron chi connectivity index (χ3n) is 6.62. The van der Waals surface area contributed by atoms with Crippen molar-refractivity contribution in [2.45, 2.75) is 55.1 Å². The number of aryl methyl sites for hydroxylation is 1. The minimum atomic E-state index is -1.60. The van der Waals surface area contributed by atoms with Gasteiger partial charge in [0.1, 0.15) is 11.7 Å². The highest BCUT2D eigenvalue weighted by Gasteiger charge is 2.49. The maximum Gasteiger partial charge on any atom is 0.194 e. The lowest BCUT2D eigenvalue weighted by Gasteiger charge is -2.50. The monoisotopic (exact) mass is 526 g/mol. The second-order valence-electron chi connectivity index (χ2n) is 9.62. The van der Waals surface area contributed by atoms with E-state index < -0.39 is 69.3 Å². The Morgan fingerprint density at radius 2 is 1.86 bits per heavy atom. The van der Waals surface area contributed by atoms with E-state index in [0.717, 1.165) is 23.3 Å². The molecule has 1 aliphatic rings. The first-order valence-electron chi connectivity index (χ1n) is 11.4. The molecule has 0 bridgehead atoms. The van der Waals surface area contributed by atoms with Gasteiger partial charge in [0.15, 0.2) is 17.5 Å². The van der Waals surface area contributed by atoms with Crippen LogP contribution in [-0.4, -0.2) is 75.8 Å². The molecule has 0 spiro atoms. The predicted octanol–water partition coefficient (Wildman–Crippen LogP) is 2.22. The van der Waals surface area contributed by atoms with Crippen molar-refractivity contribution in [2.75, 3.05) is 12.4 Å². The average molecular weight is 527 g/mol. The van der Waals surface area contributed by atoms with E-state index in [4.69, 9.17) is 0 Å². The Morgan fingerprint density at radius 1 is 1.19 bits per heavy atom. The number of aromatic nitrogens is 4. The van der Waals surface area contributed by atoms with Crippen LogP contribution in [0.5, 0.6) is 0 Å². The third-order valence-corrected chi connectivity index (χ3v) is 10.3. The highest BCUT2D eigenvalue weighted by Crippen LogP contribution is 2.57. The van der Waals surface area contributed by atoms with Gasteiger partial charge in [-0.05, 0) is 50.1 Å². The second kappa shape index (κ2) is 10.1. The molecule has 1 aromatic carbocycles. The first kappa shape index (κ1) is 26.6. The van der Waals surface area contributed by atoms with E-state index in [1.54, 1.807) is 26.2 Å². The Balaban J connectivity index is 1.68. The summed E-state index contributed by atoms with van der Waals surface area (Å²) in [5.41, 5.74) is 0.377. The largest absolute Gasteiger partial charge is 0.395 e. The van der Waals surface area contributed by atoms with Crippen LogP contribution in [0.25, 0.3) is 11.3 Å². The van der Waals surface area contributed by atoms with Crippen LogP contribution in [0.1, 0.15) is 36.3 Å². The van der Waals surface area contributed by atoms with Crippen LogP contribution < -0.4 is 0 Å². The summed E-state index contributed by atoms with van der Waals surface area (Å²) in [6, 6.07) is 2.35. The number of rotatable bonds is 6. The molecule has 3 aromatic rings. The summed E-state index contributed by atoms with van der Waals surface area (Å²) in [7, 11) is -1.37. The van der Waals surface area contributed by atoms with Crippen molar-refractivity contribution in [1.29, 1.82) is 0 Å². The summed E-state index contributed by atoms with van der Waals surface area (Å²) in [4.78, 5) is 4.19. The van der Waals surface area contributed by atoms with Crippen molar-refractivity contribution in [3.8, 4) is 11.3 Å². The van der Waals surface area contributed by atoms with Crippen LogP contribution in [0.2, 0.25) is 0 Å². The lowest BCUT2D eigenvalue weighted by molar-refractivity contribution is 0.00570. The van der Waals surface area contributed by atoms with Crippen molar-refractivity contribution in [3.63, 3.8) is 0 Å². The molecule has 4 rings (SSSR count). The van der Waals surface area contributed by atoms with Crippen LogP contribution in [0, 0.1) is 24.4 Å². The van der Waals surface area contributed by atoms with Gasteiger partial charge < -0.3 is 20.4 Å². The summed E-state index contributed by atoms with van der Waals surface area (Å²) < 4.78 is 41.9. The molecule has 12 heteroatoms. The zero-order valence-corrected chi connectivity index (χ0v) is 20.8. The molecule has 6 atom stereocenters. The van der Waals surface area contributed by atoms with Gasteiger partial charge in [-0.2, -0.15) is 0 Å². The average Bonchev–Trinajstić information content (AvgIpc) is 3.27. The van der Waals surface area contributed by atoms with Crippen molar-refractivity contribution in [1.82, 2.24) is 20.0 Å². The van der Waals surface area contributed by atoms with Gasteiger partial charge in [0.2, 0.25) is 0 Å². The Bertz CT molecular complexity index is 1220. The molecule has 36 heavy (non-hydrogen) atoms. The van der Waals surface area contributed by atoms with Crippen LogP contribution in [0.15, 0.2) is 36.8 Å². The van der Waals surface area contributed by atoms with E-state index >= 15 is 0 Å². The van der Waals surface area contributed by atoms with E-state index in [9.17, 15) is 33.6 Å². The van der Waals surface area contributed by atoms with Gasteiger partial charge in [0.05, 0.1) is 30.6 Å².